The fourth-order valence-electron chi connectivity index (χ4n) is 1.55. The van der Waals surface area contributed by atoms with Gasteiger partial charge in [0, 0.05) is 22.0 Å². The highest BCUT2D eigenvalue weighted by molar-refractivity contribution is 9.10. The predicted molar refractivity (Wildman–Crippen MR) is 65.4 cm³/mol. The molecular formula is C12H14BrNO2. The van der Waals surface area contributed by atoms with Crippen molar-refractivity contribution in [1.29, 1.82) is 0 Å². The second kappa shape index (κ2) is 4.55. The van der Waals surface area contributed by atoms with Gasteiger partial charge in [-0.2, -0.15) is 0 Å². The molecule has 0 aromatic heterocycles. The predicted octanol–water partition coefficient (Wildman–Crippen LogP) is 2.22. The number of hydrogen-bond donors (Lipinski definition) is 1. The Kier molecular flexibility index (Phi) is 3.30. The van der Waals surface area contributed by atoms with Crippen molar-refractivity contribution in [3.8, 4) is 0 Å². The highest BCUT2D eigenvalue weighted by atomic mass is 79.9. The largest absolute Gasteiger partial charge is 0.380 e. The first-order chi connectivity index (χ1) is 7.59. The van der Waals surface area contributed by atoms with Crippen LogP contribution >= 0.6 is 15.9 Å². The van der Waals surface area contributed by atoms with E-state index in [2.05, 4.69) is 28.2 Å². The zero-order valence-corrected chi connectivity index (χ0v) is 10.7. The van der Waals surface area contributed by atoms with Crippen LogP contribution in [0.15, 0.2) is 28.7 Å². The number of benzene rings is 1. The number of amides is 1. The van der Waals surface area contributed by atoms with Gasteiger partial charge in [0.1, 0.15) is 0 Å². The standard InChI is InChI=1S/C12H14BrNO2/c1-12(7-16-8-12)6-14-11(15)9-2-4-10(13)5-3-9/h2-5H,6-8H2,1H3,(H,14,15). The molecule has 0 radical (unpaired) electrons. The van der Waals surface area contributed by atoms with E-state index >= 15 is 0 Å². The summed E-state index contributed by atoms with van der Waals surface area (Å²) >= 11 is 3.34. The molecular weight excluding hydrogens is 270 g/mol. The molecule has 1 aliphatic rings. The van der Waals surface area contributed by atoms with Gasteiger partial charge in [-0.05, 0) is 24.3 Å². The second-order valence-corrected chi connectivity index (χ2v) is 5.41. The third-order valence-corrected chi connectivity index (χ3v) is 3.21. The van der Waals surface area contributed by atoms with Gasteiger partial charge >= 0.3 is 0 Å². The summed E-state index contributed by atoms with van der Waals surface area (Å²) in [5.41, 5.74) is 0.803. The Labute approximate surface area is 103 Å². The summed E-state index contributed by atoms with van der Waals surface area (Å²) in [4.78, 5) is 11.8. The van der Waals surface area contributed by atoms with Crippen LogP contribution in [0.4, 0.5) is 0 Å². The highest BCUT2D eigenvalue weighted by Gasteiger charge is 2.33. The van der Waals surface area contributed by atoms with Crippen molar-refractivity contribution >= 4 is 21.8 Å². The average Bonchev–Trinajstić information content (AvgIpc) is 2.24. The Morgan fingerprint density at radius 2 is 2.06 bits per heavy atom. The molecule has 0 saturated carbocycles. The van der Waals surface area contributed by atoms with Crippen LogP contribution in [0.5, 0.6) is 0 Å². The van der Waals surface area contributed by atoms with E-state index in [0.29, 0.717) is 12.1 Å². The molecule has 1 aromatic carbocycles. The van der Waals surface area contributed by atoms with Crippen LogP contribution in [0.25, 0.3) is 0 Å². The zero-order valence-electron chi connectivity index (χ0n) is 9.13. The molecule has 0 atom stereocenters. The molecule has 4 heteroatoms. The number of ether oxygens (including phenoxy) is 1. The fraction of sp³-hybridized carbons (Fsp3) is 0.417. The molecule has 0 aliphatic carbocycles. The van der Waals surface area contributed by atoms with Gasteiger partial charge < -0.3 is 10.1 Å². The minimum atomic E-state index is -0.0272. The van der Waals surface area contributed by atoms with Crippen LogP contribution < -0.4 is 5.32 Å². The first-order valence-corrected chi connectivity index (χ1v) is 6.00. The van der Waals surface area contributed by atoms with Gasteiger partial charge in [-0.15, -0.1) is 0 Å². The molecule has 1 heterocycles. The summed E-state index contributed by atoms with van der Waals surface area (Å²) in [5, 5.41) is 2.93. The van der Waals surface area contributed by atoms with E-state index in [0.717, 1.165) is 17.7 Å². The van der Waals surface area contributed by atoms with Crippen LogP contribution in [0.2, 0.25) is 0 Å². The third kappa shape index (κ3) is 2.62. The molecule has 1 saturated heterocycles. The first kappa shape index (κ1) is 11.6. The molecule has 1 fully saturated rings. The van der Waals surface area contributed by atoms with Crippen molar-refractivity contribution in [2.75, 3.05) is 19.8 Å². The highest BCUT2D eigenvalue weighted by Crippen LogP contribution is 2.25. The van der Waals surface area contributed by atoms with Gasteiger partial charge in [-0.25, -0.2) is 0 Å². The Balaban J connectivity index is 1.90. The number of hydrogen-bond acceptors (Lipinski definition) is 2. The summed E-state index contributed by atoms with van der Waals surface area (Å²) < 4.78 is 6.11. The molecule has 0 spiro atoms. The van der Waals surface area contributed by atoms with Gasteiger partial charge in [0.2, 0.25) is 0 Å². The summed E-state index contributed by atoms with van der Waals surface area (Å²) in [6, 6.07) is 7.34. The average molecular weight is 284 g/mol. The molecule has 86 valence electrons. The van der Waals surface area contributed by atoms with E-state index in [1.54, 1.807) is 12.1 Å². The lowest BCUT2D eigenvalue weighted by Crippen LogP contribution is -2.48. The Bertz CT molecular complexity index is 385. The van der Waals surface area contributed by atoms with Crippen LogP contribution in [0.1, 0.15) is 17.3 Å². The summed E-state index contributed by atoms with van der Waals surface area (Å²) in [6.07, 6.45) is 0. The minimum absolute atomic E-state index is 0.0272. The van der Waals surface area contributed by atoms with Gasteiger partial charge in [0.05, 0.1) is 13.2 Å². The van der Waals surface area contributed by atoms with Crippen molar-refractivity contribution in [2.45, 2.75) is 6.92 Å². The topological polar surface area (TPSA) is 38.3 Å². The van der Waals surface area contributed by atoms with Crippen molar-refractivity contribution in [3.63, 3.8) is 0 Å². The Morgan fingerprint density at radius 3 is 2.56 bits per heavy atom. The SMILES string of the molecule is CC1(CNC(=O)c2ccc(Br)cc2)COC1. The maximum absolute atomic E-state index is 11.8. The monoisotopic (exact) mass is 283 g/mol. The van der Waals surface area contributed by atoms with Crippen molar-refractivity contribution in [2.24, 2.45) is 5.41 Å². The number of rotatable bonds is 3. The van der Waals surface area contributed by atoms with E-state index in [-0.39, 0.29) is 11.3 Å². The smallest absolute Gasteiger partial charge is 0.251 e. The van der Waals surface area contributed by atoms with E-state index in [9.17, 15) is 4.79 Å². The van der Waals surface area contributed by atoms with E-state index in [4.69, 9.17) is 4.74 Å². The lowest BCUT2D eigenvalue weighted by atomic mass is 9.89. The summed E-state index contributed by atoms with van der Waals surface area (Å²) in [7, 11) is 0. The minimum Gasteiger partial charge on any atom is -0.380 e. The molecule has 0 bridgehead atoms. The van der Waals surface area contributed by atoms with Crippen LogP contribution in [-0.2, 0) is 4.74 Å². The summed E-state index contributed by atoms with van der Waals surface area (Å²) in [5.74, 6) is -0.0272. The van der Waals surface area contributed by atoms with Crippen LogP contribution in [-0.4, -0.2) is 25.7 Å². The van der Waals surface area contributed by atoms with E-state index in [1.807, 2.05) is 12.1 Å². The maximum atomic E-state index is 11.8. The van der Waals surface area contributed by atoms with Crippen molar-refractivity contribution in [3.05, 3.63) is 34.3 Å². The molecule has 1 aromatic rings. The van der Waals surface area contributed by atoms with Crippen LogP contribution in [0.3, 0.4) is 0 Å². The summed E-state index contributed by atoms with van der Waals surface area (Å²) in [6.45, 7) is 4.24. The molecule has 1 aliphatic heterocycles. The van der Waals surface area contributed by atoms with Gasteiger partial charge in [0.15, 0.2) is 0 Å². The second-order valence-electron chi connectivity index (χ2n) is 4.49. The van der Waals surface area contributed by atoms with Gasteiger partial charge in [-0.1, -0.05) is 22.9 Å². The van der Waals surface area contributed by atoms with Gasteiger partial charge in [0.25, 0.3) is 5.91 Å². The molecule has 1 N–H and O–H groups in total. The number of nitrogens with one attached hydrogen (secondary N) is 1. The molecule has 3 nitrogen and oxygen atoms in total. The molecule has 16 heavy (non-hydrogen) atoms. The first-order valence-electron chi connectivity index (χ1n) is 5.21. The van der Waals surface area contributed by atoms with E-state index < -0.39 is 0 Å². The third-order valence-electron chi connectivity index (χ3n) is 2.68. The lowest BCUT2D eigenvalue weighted by Gasteiger charge is -2.38. The maximum Gasteiger partial charge on any atom is 0.251 e. The number of carbonyl (C=O) groups excluding carboxylic acids is 1. The normalized spacial score (nSPS) is 17.6. The number of halogens is 1. The van der Waals surface area contributed by atoms with Crippen LogP contribution in [0, 0.1) is 5.41 Å². The Hall–Kier alpha value is -0.870. The molecule has 0 unspecified atom stereocenters. The number of carbonyl (C=O) groups is 1. The molecule has 2 rings (SSSR count). The lowest BCUT2D eigenvalue weighted by molar-refractivity contribution is -0.0978. The van der Waals surface area contributed by atoms with Crippen molar-refractivity contribution in [1.82, 2.24) is 5.32 Å². The molecule has 1 amide bonds. The fourth-order valence-corrected chi connectivity index (χ4v) is 1.81. The zero-order chi connectivity index (χ0) is 11.6. The quantitative estimate of drug-likeness (QED) is 0.924. The van der Waals surface area contributed by atoms with E-state index in [1.165, 1.54) is 0 Å². The Morgan fingerprint density at radius 1 is 1.44 bits per heavy atom. The van der Waals surface area contributed by atoms with Crippen molar-refractivity contribution < 1.29 is 9.53 Å². The van der Waals surface area contributed by atoms with Gasteiger partial charge in [-0.3, -0.25) is 4.79 Å².